The summed E-state index contributed by atoms with van der Waals surface area (Å²) in [7, 11) is 0. The van der Waals surface area contributed by atoms with Crippen molar-refractivity contribution in [1.82, 2.24) is 9.97 Å². The molecule has 0 unspecified atom stereocenters. The summed E-state index contributed by atoms with van der Waals surface area (Å²) in [5.74, 6) is 0.848. The number of aryl methyl sites for hydroxylation is 1. The molecule has 15 heavy (non-hydrogen) atoms. The number of nitrogens with zero attached hydrogens (tertiary/aromatic N) is 3. The van der Waals surface area contributed by atoms with Crippen molar-refractivity contribution in [2.75, 3.05) is 18.0 Å². The Balaban J connectivity index is 0.000000531. The van der Waals surface area contributed by atoms with Gasteiger partial charge in [-0.2, -0.15) is 0 Å². The Labute approximate surface area is 92.6 Å². The molecule has 1 fully saturated rings. The lowest BCUT2D eigenvalue weighted by molar-refractivity contribution is 0.576. The minimum atomic E-state index is 0.848. The van der Waals surface area contributed by atoms with Crippen LogP contribution < -0.4 is 4.90 Å². The maximum atomic E-state index is 4.20. The highest BCUT2D eigenvalue weighted by Gasteiger charge is 2.10. The molecule has 1 aliphatic heterocycles. The normalized spacial score (nSPS) is 15.5. The summed E-state index contributed by atoms with van der Waals surface area (Å²) in [5.41, 5.74) is 1.17. The van der Waals surface area contributed by atoms with E-state index in [0.717, 1.165) is 18.9 Å². The Morgan fingerprint density at radius 1 is 1.00 bits per heavy atom. The first-order valence-corrected chi connectivity index (χ1v) is 5.90. The first-order chi connectivity index (χ1) is 7.36. The highest BCUT2D eigenvalue weighted by Crippen LogP contribution is 2.17. The van der Waals surface area contributed by atoms with Crippen LogP contribution in [0.2, 0.25) is 0 Å². The zero-order chi connectivity index (χ0) is 11.1. The molecular formula is C12H21N3. The molecule has 0 radical (unpaired) electrons. The lowest BCUT2D eigenvalue weighted by atomic mass is 10.1. The number of aromatic nitrogens is 2. The van der Waals surface area contributed by atoms with E-state index in [0.29, 0.717) is 0 Å². The van der Waals surface area contributed by atoms with Crippen LogP contribution in [0.15, 0.2) is 12.4 Å². The summed E-state index contributed by atoms with van der Waals surface area (Å²) < 4.78 is 0. The summed E-state index contributed by atoms with van der Waals surface area (Å²) in [6.45, 7) is 8.23. The smallest absolute Gasteiger partial charge is 0.125 e. The van der Waals surface area contributed by atoms with Crippen LogP contribution in [-0.2, 0) is 0 Å². The van der Waals surface area contributed by atoms with Crippen LogP contribution in [0.5, 0.6) is 0 Å². The van der Waals surface area contributed by atoms with E-state index in [2.05, 4.69) is 14.9 Å². The maximum Gasteiger partial charge on any atom is 0.125 e. The largest absolute Gasteiger partial charge is 0.369 e. The van der Waals surface area contributed by atoms with E-state index in [4.69, 9.17) is 0 Å². The molecule has 0 atom stereocenters. The maximum absolute atomic E-state index is 4.20. The van der Waals surface area contributed by atoms with Gasteiger partial charge in [-0.3, -0.25) is 0 Å². The summed E-state index contributed by atoms with van der Waals surface area (Å²) in [4.78, 5) is 10.8. The third kappa shape index (κ3) is 3.50. The minimum Gasteiger partial charge on any atom is -0.369 e. The number of piperidine rings is 1. The first-order valence-electron chi connectivity index (χ1n) is 5.90. The van der Waals surface area contributed by atoms with Crippen molar-refractivity contribution in [2.45, 2.75) is 40.0 Å². The topological polar surface area (TPSA) is 29.0 Å². The van der Waals surface area contributed by atoms with Crippen molar-refractivity contribution in [3.05, 3.63) is 18.2 Å². The van der Waals surface area contributed by atoms with Crippen molar-refractivity contribution in [1.29, 1.82) is 0 Å². The first kappa shape index (κ1) is 12.0. The van der Waals surface area contributed by atoms with Gasteiger partial charge in [0.15, 0.2) is 0 Å². The monoisotopic (exact) mass is 207 g/mol. The molecule has 0 amide bonds. The fourth-order valence-electron chi connectivity index (χ4n) is 1.70. The van der Waals surface area contributed by atoms with Crippen molar-refractivity contribution in [2.24, 2.45) is 0 Å². The molecule has 0 spiro atoms. The highest BCUT2D eigenvalue weighted by atomic mass is 15.1. The molecule has 3 heteroatoms. The van der Waals surface area contributed by atoms with Crippen LogP contribution >= 0.6 is 0 Å². The van der Waals surface area contributed by atoms with Gasteiger partial charge in [-0.05, 0) is 26.2 Å². The molecule has 0 aliphatic carbocycles. The molecule has 0 N–H and O–H groups in total. The Morgan fingerprint density at radius 3 is 2.07 bits per heavy atom. The molecule has 1 aromatic rings. The second-order valence-corrected chi connectivity index (χ2v) is 3.54. The van der Waals surface area contributed by atoms with Gasteiger partial charge in [0.05, 0.1) is 18.1 Å². The predicted molar refractivity (Wildman–Crippen MR) is 64.2 cm³/mol. The Hall–Kier alpha value is -1.12. The molecule has 2 rings (SSSR count). The third-order valence-corrected chi connectivity index (χ3v) is 2.49. The number of hydrogen-bond donors (Lipinski definition) is 0. The molecule has 0 aromatic carbocycles. The minimum absolute atomic E-state index is 0.848. The molecule has 0 saturated carbocycles. The van der Waals surface area contributed by atoms with Crippen molar-refractivity contribution in [3.8, 4) is 0 Å². The van der Waals surface area contributed by atoms with Gasteiger partial charge in [0.2, 0.25) is 0 Å². The molecule has 1 aromatic heterocycles. The van der Waals surface area contributed by atoms with Gasteiger partial charge in [-0.15, -0.1) is 0 Å². The van der Waals surface area contributed by atoms with E-state index >= 15 is 0 Å². The number of rotatable bonds is 1. The van der Waals surface area contributed by atoms with Crippen molar-refractivity contribution < 1.29 is 0 Å². The van der Waals surface area contributed by atoms with Gasteiger partial charge >= 0.3 is 0 Å². The van der Waals surface area contributed by atoms with Crippen molar-refractivity contribution >= 4 is 5.69 Å². The van der Waals surface area contributed by atoms with Gasteiger partial charge in [-0.25, -0.2) is 9.97 Å². The van der Waals surface area contributed by atoms with E-state index in [1.165, 1.54) is 24.9 Å². The van der Waals surface area contributed by atoms with Gasteiger partial charge in [-0.1, -0.05) is 13.8 Å². The van der Waals surface area contributed by atoms with E-state index < -0.39 is 0 Å². The van der Waals surface area contributed by atoms with Gasteiger partial charge in [0, 0.05) is 13.1 Å². The van der Waals surface area contributed by atoms with E-state index in [1.54, 1.807) is 0 Å². The fourth-order valence-corrected chi connectivity index (χ4v) is 1.70. The summed E-state index contributed by atoms with van der Waals surface area (Å²) in [6.07, 6.45) is 7.81. The molecular weight excluding hydrogens is 186 g/mol. The highest BCUT2D eigenvalue weighted by molar-refractivity contribution is 5.42. The summed E-state index contributed by atoms with van der Waals surface area (Å²) >= 11 is 0. The van der Waals surface area contributed by atoms with Crippen LogP contribution in [0, 0.1) is 6.92 Å². The zero-order valence-corrected chi connectivity index (χ0v) is 10.0. The third-order valence-electron chi connectivity index (χ3n) is 2.49. The fraction of sp³-hybridized carbons (Fsp3) is 0.667. The van der Waals surface area contributed by atoms with Gasteiger partial charge < -0.3 is 4.90 Å². The second kappa shape index (κ2) is 6.38. The zero-order valence-electron chi connectivity index (χ0n) is 10.0. The van der Waals surface area contributed by atoms with Crippen LogP contribution in [0.3, 0.4) is 0 Å². The van der Waals surface area contributed by atoms with Crippen LogP contribution in [-0.4, -0.2) is 23.1 Å². The number of hydrogen-bond acceptors (Lipinski definition) is 3. The summed E-state index contributed by atoms with van der Waals surface area (Å²) in [6, 6.07) is 0. The SMILES string of the molecule is CC.Cc1ncc(N2CCCCC2)cn1. The Kier molecular flexibility index (Phi) is 5.08. The van der Waals surface area contributed by atoms with E-state index in [1.807, 2.05) is 33.2 Å². The van der Waals surface area contributed by atoms with Gasteiger partial charge in [0.25, 0.3) is 0 Å². The van der Waals surface area contributed by atoms with Crippen LogP contribution in [0.25, 0.3) is 0 Å². The standard InChI is InChI=1S/C10H15N3.C2H6/c1-9-11-7-10(8-12-9)13-5-3-2-4-6-13;1-2/h7-8H,2-6H2,1H3;1-2H3. The quantitative estimate of drug-likeness (QED) is 0.709. The predicted octanol–water partition coefficient (Wildman–Crippen LogP) is 2.80. The average Bonchev–Trinajstić information content (AvgIpc) is 2.34. The summed E-state index contributed by atoms with van der Waals surface area (Å²) in [5, 5.41) is 0. The number of anilines is 1. The Morgan fingerprint density at radius 2 is 1.53 bits per heavy atom. The van der Waals surface area contributed by atoms with Crippen molar-refractivity contribution in [3.63, 3.8) is 0 Å². The van der Waals surface area contributed by atoms with Gasteiger partial charge in [0.1, 0.15) is 5.82 Å². The second-order valence-electron chi connectivity index (χ2n) is 3.54. The average molecular weight is 207 g/mol. The van der Waals surface area contributed by atoms with E-state index in [9.17, 15) is 0 Å². The lowest BCUT2D eigenvalue weighted by Gasteiger charge is -2.27. The molecule has 2 heterocycles. The molecule has 0 bridgehead atoms. The molecule has 3 nitrogen and oxygen atoms in total. The van der Waals surface area contributed by atoms with Crippen LogP contribution in [0.1, 0.15) is 38.9 Å². The lowest BCUT2D eigenvalue weighted by Crippen LogP contribution is -2.29. The molecule has 1 saturated heterocycles. The van der Waals surface area contributed by atoms with E-state index in [-0.39, 0.29) is 0 Å². The Bertz CT molecular complexity index is 263. The van der Waals surface area contributed by atoms with Crippen LogP contribution in [0.4, 0.5) is 5.69 Å². The molecule has 1 aliphatic rings. The molecule has 84 valence electrons.